The first-order valence-electron chi connectivity index (χ1n) is 5.47. The molecule has 4 heteroatoms. The number of nitrogen functional groups attached to an aromatic ring is 1. The topological polar surface area (TPSA) is 44.5 Å². The smallest absolute Gasteiger partial charge is 0.120 e. The monoisotopic (exact) mass is 239 g/mol. The first-order chi connectivity index (χ1) is 7.79. The molecule has 0 radical (unpaired) electrons. The number of hydrogen-bond acceptors (Lipinski definition) is 4. The third-order valence-corrected chi connectivity index (χ3v) is 3.89. The van der Waals surface area contributed by atoms with Crippen LogP contribution in [0.4, 0.5) is 5.69 Å². The molecule has 1 saturated heterocycles. The normalized spacial score (nSPS) is 19.9. The van der Waals surface area contributed by atoms with Crippen LogP contribution in [0.15, 0.2) is 23.1 Å². The first kappa shape index (κ1) is 11.6. The Morgan fingerprint density at radius 2 is 2.44 bits per heavy atom. The third-order valence-electron chi connectivity index (χ3n) is 2.67. The summed E-state index contributed by atoms with van der Waals surface area (Å²) in [5, 5.41) is 0. The Balaban J connectivity index is 1.93. The fourth-order valence-electron chi connectivity index (χ4n) is 1.74. The minimum Gasteiger partial charge on any atom is -0.497 e. The highest BCUT2D eigenvalue weighted by Gasteiger charge is 2.16. The standard InChI is InChI=1S/C12H17NO2S/c1-14-9-4-5-12(11(13)7-9)16-8-10-3-2-6-15-10/h4-5,7,10H,2-3,6,8,13H2,1H3. The van der Waals surface area contributed by atoms with E-state index in [9.17, 15) is 0 Å². The fourth-order valence-corrected chi connectivity index (χ4v) is 2.76. The van der Waals surface area contributed by atoms with Crippen molar-refractivity contribution in [2.24, 2.45) is 0 Å². The summed E-state index contributed by atoms with van der Waals surface area (Å²) in [6.07, 6.45) is 2.75. The van der Waals surface area contributed by atoms with E-state index in [4.69, 9.17) is 15.2 Å². The highest BCUT2D eigenvalue weighted by Crippen LogP contribution is 2.30. The third kappa shape index (κ3) is 2.83. The zero-order valence-corrected chi connectivity index (χ0v) is 10.3. The molecule has 0 saturated carbocycles. The van der Waals surface area contributed by atoms with Crippen LogP contribution in [-0.4, -0.2) is 25.6 Å². The van der Waals surface area contributed by atoms with Crippen molar-refractivity contribution >= 4 is 17.4 Å². The Kier molecular flexibility index (Phi) is 3.96. The van der Waals surface area contributed by atoms with Gasteiger partial charge in [-0.25, -0.2) is 0 Å². The molecule has 16 heavy (non-hydrogen) atoms. The molecule has 1 aliphatic rings. The molecule has 1 unspecified atom stereocenters. The summed E-state index contributed by atoms with van der Waals surface area (Å²) < 4.78 is 10.7. The Labute approximate surface area is 100 Å². The molecule has 0 amide bonds. The van der Waals surface area contributed by atoms with E-state index in [2.05, 4.69) is 0 Å². The lowest BCUT2D eigenvalue weighted by atomic mass is 10.3. The molecular formula is C12H17NO2S. The Morgan fingerprint density at radius 3 is 3.06 bits per heavy atom. The molecule has 1 heterocycles. The second-order valence-electron chi connectivity index (χ2n) is 3.85. The van der Waals surface area contributed by atoms with Crippen molar-refractivity contribution in [1.82, 2.24) is 0 Å². The van der Waals surface area contributed by atoms with E-state index in [1.807, 2.05) is 18.2 Å². The summed E-state index contributed by atoms with van der Waals surface area (Å²) >= 11 is 1.76. The van der Waals surface area contributed by atoms with Crippen LogP contribution >= 0.6 is 11.8 Å². The first-order valence-corrected chi connectivity index (χ1v) is 6.46. The van der Waals surface area contributed by atoms with Gasteiger partial charge in [0, 0.05) is 29.0 Å². The molecule has 0 aromatic heterocycles. The van der Waals surface area contributed by atoms with Crippen LogP contribution in [0.25, 0.3) is 0 Å². The van der Waals surface area contributed by atoms with Crippen LogP contribution in [-0.2, 0) is 4.74 Å². The maximum atomic E-state index is 5.94. The minimum atomic E-state index is 0.395. The molecule has 0 aliphatic carbocycles. The lowest BCUT2D eigenvalue weighted by Crippen LogP contribution is -2.07. The van der Waals surface area contributed by atoms with Gasteiger partial charge < -0.3 is 15.2 Å². The molecule has 1 aliphatic heterocycles. The molecule has 1 aromatic carbocycles. The fraction of sp³-hybridized carbons (Fsp3) is 0.500. The molecule has 1 atom stereocenters. The lowest BCUT2D eigenvalue weighted by Gasteiger charge is -2.11. The van der Waals surface area contributed by atoms with Gasteiger partial charge >= 0.3 is 0 Å². The largest absolute Gasteiger partial charge is 0.497 e. The van der Waals surface area contributed by atoms with Gasteiger partial charge in [-0.2, -0.15) is 0 Å². The number of benzene rings is 1. The number of ether oxygens (including phenoxy) is 2. The highest BCUT2D eigenvalue weighted by atomic mass is 32.2. The van der Waals surface area contributed by atoms with Crippen LogP contribution in [0.1, 0.15) is 12.8 Å². The maximum absolute atomic E-state index is 5.94. The molecule has 2 N–H and O–H groups in total. The zero-order valence-electron chi connectivity index (χ0n) is 9.44. The molecular weight excluding hydrogens is 222 g/mol. The average molecular weight is 239 g/mol. The van der Waals surface area contributed by atoms with E-state index < -0.39 is 0 Å². The number of thioether (sulfide) groups is 1. The van der Waals surface area contributed by atoms with Gasteiger partial charge in [0.25, 0.3) is 0 Å². The van der Waals surface area contributed by atoms with Gasteiger partial charge in [-0.1, -0.05) is 0 Å². The van der Waals surface area contributed by atoms with Gasteiger partial charge in [-0.3, -0.25) is 0 Å². The maximum Gasteiger partial charge on any atom is 0.120 e. The molecule has 0 spiro atoms. The van der Waals surface area contributed by atoms with Crippen LogP contribution in [0.3, 0.4) is 0 Å². The van der Waals surface area contributed by atoms with Gasteiger partial charge in [0.2, 0.25) is 0 Å². The van der Waals surface area contributed by atoms with Crippen LogP contribution in [0.5, 0.6) is 5.75 Å². The van der Waals surface area contributed by atoms with Crippen molar-refractivity contribution in [3.8, 4) is 5.75 Å². The Hall–Kier alpha value is -0.870. The number of anilines is 1. The van der Waals surface area contributed by atoms with Gasteiger partial charge in [0.1, 0.15) is 5.75 Å². The van der Waals surface area contributed by atoms with Gasteiger partial charge in [-0.05, 0) is 25.0 Å². The van der Waals surface area contributed by atoms with Crippen molar-refractivity contribution in [2.75, 3.05) is 25.2 Å². The van der Waals surface area contributed by atoms with Crippen molar-refractivity contribution in [3.63, 3.8) is 0 Å². The van der Waals surface area contributed by atoms with Crippen molar-refractivity contribution in [1.29, 1.82) is 0 Å². The predicted octanol–water partition coefficient (Wildman–Crippen LogP) is 2.55. The van der Waals surface area contributed by atoms with Crippen molar-refractivity contribution < 1.29 is 9.47 Å². The summed E-state index contributed by atoms with van der Waals surface area (Å²) in [6.45, 7) is 0.906. The highest BCUT2D eigenvalue weighted by molar-refractivity contribution is 7.99. The van der Waals surface area contributed by atoms with E-state index in [1.54, 1.807) is 18.9 Å². The van der Waals surface area contributed by atoms with Gasteiger partial charge in [-0.15, -0.1) is 11.8 Å². The molecule has 0 bridgehead atoms. The summed E-state index contributed by atoms with van der Waals surface area (Å²) in [4.78, 5) is 1.11. The molecule has 1 fully saturated rings. The number of nitrogens with two attached hydrogens (primary N) is 1. The number of methoxy groups -OCH3 is 1. The van der Waals surface area contributed by atoms with Gasteiger partial charge in [0.15, 0.2) is 0 Å². The molecule has 3 nitrogen and oxygen atoms in total. The average Bonchev–Trinajstić information content (AvgIpc) is 2.80. The van der Waals surface area contributed by atoms with Crippen LogP contribution < -0.4 is 10.5 Å². The predicted molar refractivity (Wildman–Crippen MR) is 67.1 cm³/mol. The SMILES string of the molecule is COc1ccc(SCC2CCCO2)c(N)c1. The quantitative estimate of drug-likeness (QED) is 0.648. The lowest BCUT2D eigenvalue weighted by molar-refractivity contribution is 0.129. The summed E-state index contributed by atoms with van der Waals surface area (Å²) in [5.41, 5.74) is 6.72. The summed E-state index contributed by atoms with van der Waals surface area (Å²) in [7, 11) is 1.65. The Morgan fingerprint density at radius 1 is 1.56 bits per heavy atom. The van der Waals surface area contributed by atoms with Crippen molar-refractivity contribution in [3.05, 3.63) is 18.2 Å². The second-order valence-corrected chi connectivity index (χ2v) is 4.91. The summed E-state index contributed by atoms with van der Waals surface area (Å²) in [6, 6.07) is 5.81. The second kappa shape index (κ2) is 5.46. The van der Waals surface area contributed by atoms with Gasteiger partial charge in [0.05, 0.1) is 13.2 Å². The number of rotatable bonds is 4. The molecule has 88 valence electrons. The Bertz CT molecular complexity index is 351. The molecule has 1 aromatic rings. The molecule has 2 rings (SSSR count). The number of hydrogen-bond donors (Lipinski definition) is 1. The van der Waals surface area contributed by atoms with Crippen LogP contribution in [0.2, 0.25) is 0 Å². The summed E-state index contributed by atoms with van der Waals surface area (Å²) in [5.74, 6) is 1.79. The zero-order chi connectivity index (χ0) is 11.4. The van der Waals surface area contributed by atoms with E-state index in [-0.39, 0.29) is 0 Å². The van der Waals surface area contributed by atoms with E-state index in [1.165, 1.54) is 12.8 Å². The minimum absolute atomic E-state index is 0.395. The van der Waals surface area contributed by atoms with Crippen LogP contribution in [0, 0.1) is 0 Å². The van der Waals surface area contributed by atoms with E-state index in [0.717, 1.165) is 28.7 Å². The van der Waals surface area contributed by atoms with E-state index in [0.29, 0.717) is 6.10 Å². The van der Waals surface area contributed by atoms with E-state index >= 15 is 0 Å². The van der Waals surface area contributed by atoms with Crippen molar-refractivity contribution in [2.45, 2.75) is 23.8 Å².